The monoisotopic (exact) mass is 464 g/mol. The van der Waals surface area contributed by atoms with Crippen molar-refractivity contribution in [2.24, 2.45) is 0 Å². The number of amides is 1. The van der Waals surface area contributed by atoms with Crippen LogP contribution in [0.15, 0.2) is 22.2 Å². The molecular formula is C14H14BrIN2O3. The van der Waals surface area contributed by atoms with Gasteiger partial charge in [0, 0.05) is 30.3 Å². The number of nitrogens with zero attached hydrogens (tertiary/aromatic N) is 1. The van der Waals surface area contributed by atoms with Gasteiger partial charge in [0.05, 0.1) is 3.57 Å². The standard InChI is InChI=1S/C14H14BrIN2O3/c1-21-4-2-3-18-14(20)10(8-17)5-9-6-11(15)7-12(16)13(9)19/h5-7,19H,2-4H2,1H3,(H,18,20)/b10-5+. The Balaban J connectivity index is 2.90. The number of methoxy groups -OCH3 is 1. The van der Waals surface area contributed by atoms with Crippen LogP contribution in [0.1, 0.15) is 12.0 Å². The Morgan fingerprint density at radius 3 is 2.95 bits per heavy atom. The van der Waals surface area contributed by atoms with Gasteiger partial charge in [0.15, 0.2) is 0 Å². The number of phenols is 1. The van der Waals surface area contributed by atoms with Gasteiger partial charge < -0.3 is 15.2 Å². The van der Waals surface area contributed by atoms with Crippen molar-refractivity contribution in [1.82, 2.24) is 5.32 Å². The van der Waals surface area contributed by atoms with Crippen LogP contribution in [0.25, 0.3) is 6.08 Å². The number of nitriles is 1. The molecule has 2 N–H and O–H groups in total. The van der Waals surface area contributed by atoms with Crippen molar-refractivity contribution in [1.29, 1.82) is 5.26 Å². The van der Waals surface area contributed by atoms with Gasteiger partial charge in [-0.25, -0.2) is 0 Å². The molecule has 1 aromatic carbocycles. The molecule has 1 aromatic rings. The molecule has 0 aliphatic carbocycles. The number of carbonyl (C=O) groups excluding carboxylic acids is 1. The van der Waals surface area contributed by atoms with Gasteiger partial charge in [-0.3, -0.25) is 4.79 Å². The minimum atomic E-state index is -0.469. The molecule has 7 heteroatoms. The fourth-order valence-corrected chi connectivity index (χ4v) is 3.06. The number of benzene rings is 1. The van der Waals surface area contributed by atoms with E-state index in [0.717, 1.165) is 4.47 Å². The predicted molar refractivity (Wildman–Crippen MR) is 91.6 cm³/mol. The van der Waals surface area contributed by atoms with Crippen molar-refractivity contribution < 1.29 is 14.6 Å². The molecule has 0 aliphatic rings. The van der Waals surface area contributed by atoms with Gasteiger partial charge in [-0.15, -0.1) is 0 Å². The van der Waals surface area contributed by atoms with Crippen LogP contribution in [-0.2, 0) is 9.53 Å². The van der Waals surface area contributed by atoms with Crippen LogP contribution in [0.3, 0.4) is 0 Å². The molecule has 1 amide bonds. The van der Waals surface area contributed by atoms with Crippen LogP contribution in [-0.4, -0.2) is 31.3 Å². The normalized spacial score (nSPS) is 11.0. The first kappa shape index (κ1) is 17.9. The molecule has 1 rings (SSSR count). The van der Waals surface area contributed by atoms with Crippen molar-refractivity contribution in [3.8, 4) is 11.8 Å². The molecule has 0 heterocycles. The molecule has 0 bridgehead atoms. The molecule has 0 fully saturated rings. The first-order valence-corrected chi connectivity index (χ1v) is 7.93. The first-order chi connectivity index (χ1) is 9.99. The van der Waals surface area contributed by atoms with Gasteiger partial charge in [-0.1, -0.05) is 15.9 Å². The number of carbonyl (C=O) groups is 1. The fraction of sp³-hybridized carbons (Fsp3) is 0.286. The second-order valence-electron chi connectivity index (χ2n) is 4.10. The molecule has 0 saturated heterocycles. The van der Waals surface area contributed by atoms with Crippen LogP contribution < -0.4 is 5.32 Å². The molecule has 0 unspecified atom stereocenters. The van der Waals surface area contributed by atoms with E-state index in [0.29, 0.717) is 28.7 Å². The van der Waals surface area contributed by atoms with Crippen molar-refractivity contribution in [2.45, 2.75) is 6.42 Å². The van der Waals surface area contributed by atoms with E-state index < -0.39 is 5.91 Å². The largest absolute Gasteiger partial charge is 0.506 e. The zero-order valence-corrected chi connectivity index (χ0v) is 15.1. The third-order valence-electron chi connectivity index (χ3n) is 2.53. The number of hydrogen-bond donors (Lipinski definition) is 2. The number of rotatable bonds is 6. The molecule has 0 saturated carbocycles. The van der Waals surface area contributed by atoms with Gasteiger partial charge in [0.1, 0.15) is 17.4 Å². The SMILES string of the molecule is COCCCNC(=O)/C(C#N)=C/c1cc(Br)cc(I)c1O. The number of aromatic hydroxyl groups is 1. The average Bonchev–Trinajstić information content (AvgIpc) is 2.45. The zero-order valence-electron chi connectivity index (χ0n) is 11.3. The quantitative estimate of drug-likeness (QED) is 0.293. The summed E-state index contributed by atoms with van der Waals surface area (Å²) in [6, 6.07) is 5.23. The van der Waals surface area contributed by atoms with Gasteiger partial charge in [-0.05, 0) is 47.2 Å². The highest BCUT2D eigenvalue weighted by molar-refractivity contribution is 14.1. The summed E-state index contributed by atoms with van der Waals surface area (Å²) in [6.45, 7) is 0.962. The highest BCUT2D eigenvalue weighted by atomic mass is 127. The third kappa shape index (κ3) is 5.65. The molecule has 0 atom stereocenters. The minimum Gasteiger partial charge on any atom is -0.506 e. The van der Waals surface area contributed by atoms with E-state index in [-0.39, 0.29) is 11.3 Å². The number of nitrogens with one attached hydrogen (secondary N) is 1. The Hall–Kier alpha value is -1.11. The predicted octanol–water partition coefficient (Wildman–Crippen LogP) is 2.82. The minimum absolute atomic E-state index is 0.0405. The first-order valence-electron chi connectivity index (χ1n) is 6.06. The Labute approximate surface area is 145 Å². The third-order valence-corrected chi connectivity index (χ3v) is 3.81. The van der Waals surface area contributed by atoms with Crippen molar-refractivity contribution in [3.63, 3.8) is 0 Å². The fourth-order valence-electron chi connectivity index (χ4n) is 1.51. The lowest BCUT2D eigenvalue weighted by Crippen LogP contribution is -2.26. The van der Waals surface area contributed by atoms with E-state index in [9.17, 15) is 9.90 Å². The van der Waals surface area contributed by atoms with Crippen LogP contribution in [0.5, 0.6) is 5.75 Å². The van der Waals surface area contributed by atoms with Crippen LogP contribution in [0.4, 0.5) is 0 Å². The Kier molecular flexibility index (Phi) is 7.71. The van der Waals surface area contributed by atoms with Gasteiger partial charge >= 0.3 is 0 Å². The summed E-state index contributed by atoms with van der Waals surface area (Å²) in [5, 5.41) is 21.7. The lowest BCUT2D eigenvalue weighted by molar-refractivity contribution is -0.117. The van der Waals surface area contributed by atoms with E-state index in [2.05, 4.69) is 21.2 Å². The van der Waals surface area contributed by atoms with Crippen molar-refractivity contribution in [3.05, 3.63) is 31.3 Å². The van der Waals surface area contributed by atoms with Crippen LogP contribution in [0.2, 0.25) is 0 Å². The molecule has 0 aliphatic heterocycles. The molecule has 112 valence electrons. The molecule has 0 aromatic heterocycles. The summed E-state index contributed by atoms with van der Waals surface area (Å²) in [7, 11) is 1.58. The van der Waals surface area contributed by atoms with Gasteiger partial charge in [0.2, 0.25) is 0 Å². The van der Waals surface area contributed by atoms with Crippen molar-refractivity contribution in [2.75, 3.05) is 20.3 Å². The highest BCUT2D eigenvalue weighted by Crippen LogP contribution is 2.30. The summed E-state index contributed by atoms with van der Waals surface area (Å²) >= 11 is 5.29. The number of hydrogen-bond acceptors (Lipinski definition) is 4. The maximum Gasteiger partial charge on any atom is 0.261 e. The van der Waals surface area contributed by atoms with E-state index >= 15 is 0 Å². The molecular weight excluding hydrogens is 451 g/mol. The maximum absolute atomic E-state index is 11.9. The van der Waals surface area contributed by atoms with E-state index in [4.69, 9.17) is 10.00 Å². The molecule has 0 radical (unpaired) electrons. The van der Waals surface area contributed by atoms with E-state index in [1.807, 2.05) is 28.7 Å². The topological polar surface area (TPSA) is 82.3 Å². The van der Waals surface area contributed by atoms with Gasteiger partial charge in [0.25, 0.3) is 5.91 Å². The van der Waals surface area contributed by atoms with Crippen LogP contribution in [0, 0.1) is 14.9 Å². The summed E-state index contributed by atoms with van der Waals surface area (Å²) in [6.07, 6.45) is 2.04. The summed E-state index contributed by atoms with van der Waals surface area (Å²) in [5.41, 5.74) is 0.356. The second kappa shape index (κ2) is 9.02. The number of halogens is 2. The lowest BCUT2D eigenvalue weighted by atomic mass is 10.1. The molecule has 21 heavy (non-hydrogen) atoms. The summed E-state index contributed by atoms with van der Waals surface area (Å²) in [5.74, 6) is -0.429. The van der Waals surface area contributed by atoms with Crippen LogP contribution >= 0.6 is 38.5 Å². The lowest BCUT2D eigenvalue weighted by Gasteiger charge is -2.06. The Bertz CT molecular complexity index is 597. The number of phenolic OH excluding ortho intramolecular Hbond substituents is 1. The molecule has 5 nitrogen and oxygen atoms in total. The smallest absolute Gasteiger partial charge is 0.261 e. The second-order valence-corrected chi connectivity index (χ2v) is 6.18. The molecule has 0 spiro atoms. The summed E-state index contributed by atoms with van der Waals surface area (Å²) < 4.78 is 6.27. The summed E-state index contributed by atoms with van der Waals surface area (Å²) in [4.78, 5) is 11.9. The Morgan fingerprint density at radius 1 is 1.62 bits per heavy atom. The Morgan fingerprint density at radius 2 is 2.33 bits per heavy atom. The average molecular weight is 465 g/mol. The zero-order chi connectivity index (χ0) is 15.8. The van der Waals surface area contributed by atoms with Gasteiger partial charge in [-0.2, -0.15) is 5.26 Å². The van der Waals surface area contributed by atoms with E-state index in [1.165, 1.54) is 6.08 Å². The maximum atomic E-state index is 11.9. The highest BCUT2D eigenvalue weighted by Gasteiger charge is 2.11. The number of ether oxygens (including phenoxy) is 1. The van der Waals surface area contributed by atoms with Crippen molar-refractivity contribution >= 4 is 50.5 Å². The van der Waals surface area contributed by atoms with E-state index in [1.54, 1.807) is 19.2 Å².